The fourth-order valence-electron chi connectivity index (χ4n) is 4.92. The molecule has 0 radical (unpaired) electrons. The van der Waals surface area contributed by atoms with Crippen molar-refractivity contribution in [2.24, 2.45) is 0 Å². The second-order valence-corrected chi connectivity index (χ2v) is 10.9. The van der Waals surface area contributed by atoms with E-state index in [-0.39, 0.29) is 12.1 Å². The van der Waals surface area contributed by atoms with Crippen LogP contribution in [0.3, 0.4) is 0 Å². The zero-order valence-corrected chi connectivity index (χ0v) is 24.0. The molecule has 0 saturated carbocycles. The van der Waals surface area contributed by atoms with Gasteiger partial charge >= 0.3 is 5.97 Å². The quantitative estimate of drug-likeness (QED) is 0.0821. The minimum absolute atomic E-state index is 0.0559. The van der Waals surface area contributed by atoms with Gasteiger partial charge in [0, 0.05) is 6.42 Å². The minimum Gasteiger partial charge on any atom is -0.462 e. The standard InChI is InChI=1S/C32H64O2/c1-4-7-10-13-14-15-16-17-18-19-20-21-24-26-29-31(28-25-22-11-8-5-2)34-32(33)30-27-23-12-9-6-3/h31H,4-30H2,1-3H3. The van der Waals surface area contributed by atoms with Crippen molar-refractivity contribution in [3.05, 3.63) is 0 Å². The summed E-state index contributed by atoms with van der Waals surface area (Å²) >= 11 is 0. The summed E-state index contributed by atoms with van der Waals surface area (Å²) in [6.45, 7) is 6.79. The molecule has 0 N–H and O–H groups in total. The number of carbonyl (C=O) groups is 1. The predicted octanol–water partition coefficient (Wildman–Crippen LogP) is 11.5. The van der Waals surface area contributed by atoms with Crippen molar-refractivity contribution in [1.29, 1.82) is 0 Å². The van der Waals surface area contributed by atoms with Crippen LogP contribution >= 0.6 is 0 Å². The first kappa shape index (κ1) is 33.5. The van der Waals surface area contributed by atoms with E-state index in [1.54, 1.807) is 0 Å². The Morgan fingerprint density at radius 2 is 0.735 bits per heavy atom. The molecule has 0 aromatic carbocycles. The molecule has 0 spiro atoms. The first-order valence-electron chi connectivity index (χ1n) is 15.9. The van der Waals surface area contributed by atoms with Crippen LogP contribution in [-0.4, -0.2) is 12.1 Å². The highest BCUT2D eigenvalue weighted by Gasteiger charge is 2.14. The van der Waals surface area contributed by atoms with Crippen molar-refractivity contribution in [2.45, 2.75) is 200 Å². The van der Waals surface area contributed by atoms with Crippen molar-refractivity contribution in [3.63, 3.8) is 0 Å². The molecule has 1 atom stereocenters. The lowest BCUT2D eigenvalue weighted by atomic mass is 10.0. The summed E-state index contributed by atoms with van der Waals surface area (Å²) in [5, 5.41) is 0. The van der Waals surface area contributed by atoms with Gasteiger partial charge in [0.15, 0.2) is 0 Å². The number of unbranched alkanes of at least 4 members (excludes halogenated alkanes) is 21. The van der Waals surface area contributed by atoms with Gasteiger partial charge in [0.2, 0.25) is 0 Å². The maximum atomic E-state index is 12.3. The second-order valence-electron chi connectivity index (χ2n) is 10.9. The van der Waals surface area contributed by atoms with Gasteiger partial charge in [0.05, 0.1) is 0 Å². The van der Waals surface area contributed by atoms with Gasteiger partial charge in [-0.25, -0.2) is 0 Å². The van der Waals surface area contributed by atoms with Crippen LogP contribution in [-0.2, 0) is 9.53 Å². The van der Waals surface area contributed by atoms with E-state index < -0.39 is 0 Å². The molecule has 204 valence electrons. The molecule has 0 saturated heterocycles. The van der Waals surface area contributed by atoms with Gasteiger partial charge in [-0.2, -0.15) is 0 Å². The summed E-state index contributed by atoms with van der Waals surface area (Å²) < 4.78 is 5.94. The Morgan fingerprint density at radius 3 is 1.09 bits per heavy atom. The molecular weight excluding hydrogens is 416 g/mol. The molecule has 0 aliphatic rings. The van der Waals surface area contributed by atoms with Crippen LogP contribution in [0.1, 0.15) is 194 Å². The van der Waals surface area contributed by atoms with Crippen LogP contribution in [0.4, 0.5) is 0 Å². The lowest BCUT2D eigenvalue weighted by molar-refractivity contribution is -0.150. The summed E-state index contributed by atoms with van der Waals surface area (Å²) in [6.07, 6.45) is 34.9. The Balaban J connectivity index is 3.81. The third-order valence-electron chi connectivity index (χ3n) is 7.29. The average Bonchev–Trinajstić information content (AvgIpc) is 2.83. The highest BCUT2D eigenvalue weighted by atomic mass is 16.5. The second kappa shape index (κ2) is 28.7. The molecule has 2 heteroatoms. The molecular formula is C32H64O2. The number of hydrogen-bond donors (Lipinski definition) is 0. The highest BCUT2D eigenvalue weighted by Crippen LogP contribution is 2.18. The predicted molar refractivity (Wildman–Crippen MR) is 152 cm³/mol. The molecule has 2 nitrogen and oxygen atoms in total. The average molecular weight is 481 g/mol. The van der Waals surface area contributed by atoms with Gasteiger partial charge in [0.25, 0.3) is 0 Å². The first-order chi connectivity index (χ1) is 16.7. The summed E-state index contributed by atoms with van der Waals surface area (Å²) in [7, 11) is 0. The van der Waals surface area contributed by atoms with E-state index in [4.69, 9.17) is 4.74 Å². The molecule has 0 rings (SSSR count). The van der Waals surface area contributed by atoms with Crippen LogP contribution in [0.2, 0.25) is 0 Å². The van der Waals surface area contributed by atoms with E-state index >= 15 is 0 Å². The maximum absolute atomic E-state index is 12.3. The maximum Gasteiger partial charge on any atom is 0.306 e. The van der Waals surface area contributed by atoms with Crippen LogP contribution < -0.4 is 0 Å². The minimum atomic E-state index is 0.0559. The van der Waals surface area contributed by atoms with E-state index in [1.807, 2.05) is 0 Å². The molecule has 0 bridgehead atoms. The Kier molecular flexibility index (Phi) is 28.3. The number of rotatable bonds is 28. The molecule has 1 unspecified atom stereocenters. The fraction of sp³-hybridized carbons (Fsp3) is 0.969. The first-order valence-corrected chi connectivity index (χ1v) is 15.9. The molecule has 0 aromatic rings. The normalized spacial score (nSPS) is 12.2. The van der Waals surface area contributed by atoms with E-state index in [0.717, 1.165) is 19.3 Å². The lowest BCUT2D eigenvalue weighted by Crippen LogP contribution is -2.18. The van der Waals surface area contributed by atoms with E-state index in [0.29, 0.717) is 6.42 Å². The number of carbonyl (C=O) groups excluding carboxylic acids is 1. The van der Waals surface area contributed by atoms with E-state index in [2.05, 4.69) is 20.8 Å². The van der Waals surface area contributed by atoms with Crippen LogP contribution in [0.15, 0.2) is 0 Å². The van der Waals surface area contributed by atoms with Gasteiger partial charge < -0.3 is 4.74 Å². The van der Waals surface area contributed by atoms with Crippen molar-refractivity contribution in [3.8, 4) is 0 Å². The third-order valence-corrected chi connectivity index (χ3v) is 7.29. The summed E-state index contributed by atoms with van der Waals surface area (Å²) in [4.78, 5) is 12.3. The molecule has 0 aliphatic carbocycles. The Hall–Kier alpha value is -0.530. The molecule has 0 fully saturated rings. The Bertz CT molecular complexity index is 392. The van der Waals surface area contributed by atoms with Gasteiger partial charge in [-0.05, 0) is 32.1 Å². The molecule has 0 aliphatic heterocycles. The van der Waals surface area contributed by atoms with Crippen molar-refractivity contribution >= 4 is 5.97 Å². The topological polar surface area (TPSA) is 26.3 Å². The zero-order valence-electron chi connectivity index (χ0n) is 24.0. The van der Waals surface area contributed by atoms with Crippen LogP contribution in [0, 0.1) is 0 Å². The van der Waals surface area contributed by atoms with Crippen molar-refractivity contribution in [1.82, 2.24) is 0 Å². The SMILES string of the molecule is CCCCCCCCCCCCCCCCC(CCCCCCC)OC(=O)CCCCCCC. The van der Waals surface area contributed by atoms with E-state index in [9.17, 15) is 4.79 Å². The number of esters is 1. The van der Waals surface area contributed by atoms with E-state index in [1.165, 1.54) is 148 Å². The Morgan fingerprint density at radius 1 is 0.441 bits per heavy atom. The molecule has 0 amide bonds. The Labute approximate surface area is 215 Å². The monoisotopic (exact) mass is 480 g/mol. The summed E-state index contributed by atoms with van der Waals surface area (Å²) in [5.41, 5.74) is 0. The van der Waals surface area contributed by atoms with Gasteiger partial charge in [-0.3, -0.25) is 4.79 Å². The van der Waals surface area contributed by atoms with Gasteiger partial charge in [0.1, 0.15) is 6.10 Å². The smallest absolute Gasteiger partial charge is 0.306 e. The van der Waals surface area contributed by atoms with Crippen LogP contribution in [0.25, 0.3) is 0 Å². The summed E-state index contributed by atoms with van der Waals surface area (Å²) in [6, 6.07) is 0. The number of ether oxygens (including phenoxy) is 1. The molecule has 0 heterocycles. The fourth-order valence-corrected chi connectivity index (χ4v) is 4.92. The third kappa shape index (κ3) is 26.1. The van der Waals surface area contributed by atoms with Crippen molar-refractivity contribution in [2.75, 3.05) is 0 Å². The van der Waals surface area contributed by atoms with Gasteiger partial charge in [-0.15, -0.1) is 0 Å². The zero-order chi connectivity index (χ0) is 25.0. The lowest BCUT2D eigenvalue weighted by Gasteiger charge is -2.18. The summed E-state index contributed by atoms with van der Waals surface area (Å²) in [5.74, 6) is 0.0559. The molecule has 0 aromatic heterocycles. The molecule has 34 heavy (non-hydrogen) atoms. The largest absolute Gasteiger partial charge is 0.462 e. The van der Waals surface area contributed by atoms with Gasteiger partial charge in [-0.1, -0.05) is 156 Å². The van der Waals surface area contributed by atoms with Crippen LogP contribution in [0.5, 0.6) is 0 Å². The highest BCUT2D eigenvalue weighted by molar-refractivity contribution is 5.69. The number of hydrogen-bond acceptors (Lipinski definition) is 2. The van der Waals surface area contributed by atoms with Crippen molar-refractivity contribution < 1.29 is 9.53 Å².